The van der Waals surface area contributed by atoms with Crippen molar-refractivity contribution < 1.29 is 14.3 Å². The molecule has 0 aliphatic carbocycles. The van der Waals surface area contributed by atoms with E-state index in [1.807, 2.05) is 36.4 Å². The molecular formula is C25H24BrN3O3. The summed E-state index contributed by atoms with van der Waals surface area (Å²) in [6.07, 6.45) is 1.46. The molecule has 4 rings (SSSR count). The van der Waals surface area contributed by atoms with E-state index in [2.05, 4.69) is 33.6 Å². The van der Waals surface area contributed by atoms with Crippen LogP contribution in [0.1, 0.15) is 52.2 Å². The number of hydrazine groups is 1. The van der Waals surface area contributed by atoms with E-state index in [4.69, 9.17) is 4.74 Å². The van der Waals surface area contributed by atoms with Gasteiger partial charge in [-0.25, -0.2) is 5.01 Å². The molecule has 3 aromatic carbocycles. The van der Waals surface area contributed by atoms with Gasteiger partial charge in [-0.2, -0.15) is 0 Å². The monoisotopic (exact) mass is 493 g/mol. The van der Waals surface area contributed by atoms with Crippen molar-refractivity contribution in [2.24, 2.45) is 0 Å². The van der Waals surface area contributed by atoms with E-state index in [9.17, 15) is 9.59 Å². The Kier molecular flexibility index (Phi) is 6.75. The summed E-state index contributed by atoms with van der Waals surface area (Å²) in [6, 6.07) is 21.8. The fourth-order valence-electron chi connectivity index (χ4n) is 3.49. The second-order valence-corrected chi connectivity index (χ2v) is 8.31. The molecule has 32 heavy (non-hydrogen) atoms. The number of benzene rings is 3. The van der Waals surface area contributed by atoms with Crippen LogP contribution in [0.5, 0.6) is 5.75 Å². The molecule has 0 aromatic heterocycles. The highest BCUT2D eigenvalue weighted by atomic mass is 79.9. The number of hydrogen-bond donors (Lipinski definition) is 2. The predicted octanol–water partition coefficient (Wildman–Crippen LogP) is 5.54. The Morgan fingerprint density at radius 3 is 2.53 bits per heavy atom. The van der Waals surface area contributed by atoms with Crippen LogP contribution in [0.15, 0.2) is 77.3 Å². The third kappa shape index (κ3) is 4.62. The number of unbranched alkanes of at least 4 members (excludes halogenated alkanes) is 1. The molecule has 7 heteroatoms. The normalized spacial score (nSPS) is 15.0. The SMILES string of the molecule is CCCCOc1ccc(C(=O)NN2C(=O)c3ccccc3N[C@@H]2c2ccccc2Br)cc1. The summed E-state index contributed by atoms with van der Waals surface area (Å²) in [5.74, 6) is 0.0513. The number of anilines is 1. The second kappa shape index (κ2) is 9.87. The zero-order chi connectivity index (χ0) is 22.5. The molecule has 1 heterocycles. The van der Waals surface area contributed by atoms with Crippen molar-refractivity contribution in [3.63, 3.8) is 0 Å². The van der Waals surface area contributed by atoms with Gasteiger partial charge in [0.2, 0.25) is 0 Å². The zero-order valence-corrected chi connectivity index (χ0v) is 19.3. The van der Waals surface area contributed by atoms with Crippen LogP contribution < -0.4 is 15.5 Å². The fourth-order valence-corrected chi connectivity index (χ4v) is 4.00. The number of carbonyl (C=O) groups is 2. The first-order valence-electron chi connectivity index (χ1n) is 10.6. The third-order valence-electron chi connectivity index (χ3n) is 5.23. The minimum atomic E-state index is -0.575. The van der Waals surface area contributed by atoms with Crippen molar-refractivity contribution >= 4 is 33.4 Å². The highest BCUT2D eigenvalue weighted by Gasteiger charge is 2.35. The maximum Gasteiger partial charge on any atom is 0.276 e. The molecule has 3 aromatic rings. The van der Waals surface area contributed by atoms with E-state index in [0.29, 0.717) is 23.5 Å². The van der Waals surface area contributed by atoms with E-state index in [1.165, 1.54) is 5.01 Å². The Morgan fingerprint density at radius 2 is 1.78 bits per heavy atom. The summed E-state index contributed by atoms with van der Waals surface area (Å²) in [5, 5.41) is 4.71. The van der Waals surface area contributed by atoms with Gasteiger partial charge in [0.15, 0.2) is 0 Å². The molecule has 0 radical (unpaired) electrons. The largest absolute Gasteiger partial charge is 0.494 e. The minimum absolute atomic E-state index is 0.284. The van der Waals surface area contributed by atoms with E-state index >= 15 is 0 Å². The lowest BCUT2D eigenvalue weighted by atomic mass is 10.0. The second-order valence-electron chi connectivity index (χ2n) is 7.46. The van der Waals surface area contributed by atoms with Gasteiger partial charge in [0.1, 0.15) is 11.9 Å². The molecule has 164 valence electrons. The van der Waals surface area contributed by atoms with Gasteiger partial charge >= 0.3 is 0 Å². The summed E-state index contributed by atoms with van der Waals surface area (Å²) >= 11 is 3.56. The third-order valence-corrected chi connectivity index (χ3v) is 5.95. The summed E-state index contributed by atoms with van der Waals surface area (Å²) in [7, 11) is 0. The molecule has 2 N–H and O–H groups in total. The molecule has 6 nitrogen and oxygen atoms in total. The van der Waals surface area contributed by atoms with Crippen LogP contribution in [-0.2, 0) is 0 Å². The summed E-state index contributed by atoms with van der Waals surface area (Å²) in [4.78, 5) is 26.3. The van der Waals surface area contributed by atoms with Crippen LogP contribution in [0.4, 0.5) is 5.69 Å². The first-order chi connectivity index (χ1) is 15.6. The molecule has 1 aliphatic rings. The number of fused-ring (bicyclic) bond motifs is 1. The van der Waals surface area contributed by atoms with Crippen LogP contribution in [0, 0.1) is 0 Å². The topological polar surface area (TPSA) is 70.7 Å². The Hall–Kier alpha value is -3.32. The number of para-hydroxylation sites is 1. The predicted molar refractivity (Wildman–Crippen MR) is 127 cm³/mol. The molecule has 1 atom stereocenters. The summed E-state index contributed by atoms with van der Waals surface area (Å²) in [5.41, 5.74) is 5.27. The van der Waals surface area contributed by atoms with Crippen molar-refractivity contribution in [3.05, 3.63) is 94.0 Å². The number of amides is 2. The Bertz CT molecular complexity index is 1120. The average Bonchev–Trinajstić information content (AvgIpc) is 2.82. The van der Waals surface area contributed by atoms with Crippen LogP contribution in [0.2, 0.25) is 0 Å². The number of nitrogens with one attached hydrogen (secondary N) is 2. The van der Waals surface area contributed by atoms with Crippen LogP contribution in [0.25, 0.3) is 0 Å². The fraction of sp³-hybridized carbons (Fsp3) is 0.200. The molecule has 0 fully saturated rings. The number of hydrogen-bond acceptors (Lipinski definition) is 4. The first-order valence-corrected chi connectivity index (χ1v) is 11.3. The van der Waals surface area contributed by atoms with E-state index < -0.39 is 6.17 Å². The maximum absolute atomic E-state index is 13.3. The van der Waals surface area contributed by atoms with Gasteiger partial charge < -0.3 is 10.1 Å². The maximum atomic E-state index is 13.3. The lowest BCUT2D eigenvalue weighted by molar-refractivity contribution is 0.0490. The van der Waals surface area contributed by atoms with Gasteiger partial charge in [-0.05, 0) is 48.9 Å². The van der Waals surface area contributed by atoms with Crippen molar-refractivity contribution in [1.29, 1.82) is 0 Å². The molecule has 0 saturated carbocycles. The van der Waals surface area contributed by atoms with Crippen molar-refractivity contribution in [3.8, 4) is 5.75 Å². The average molecular weight is 494 g/mol. The van der Waals surface area contributed by atoms with Crippen molar-refractivity contribution in [2.45, 2.75) is 25.9 Å². The first kappa shape index (κ1) is 21.9. The Labute approximate surface area is 195 Å². The highest BCUT2D eigenvalue weighted by molar-refractivity contribution is 9.10. The number of rotatable bonds is 7. The summed E-state index contributed by atoms with van der Waals surface area (Å²) in [6.45, 7) is 2.75. The van der Waals surface area contributed by atoms with Gasteiger partial charge in [-0.3, -0.25) is 15.0 Å². The molecule has 0 spiro atoms. The molecule has 0 saturated heterocycles. The van der Waals surface area contributed by atoms with E-state index in [0.717, 1.165) is 28.6 Å². The van der Waals surface area contributed by atoms with Crippen molar-refractivity contribution in [2.75, 3.05) is 11.9 Å². The minimum Gasteiger partial charge on any atom is -0.494 e. The highest BCUT2D eigenvalue weighted by Crippen LogP contribution is 2.34. The molecule has 0 unspecified atom stereocenters. The lowest BCUT2D eigenvalue weighted by Crippen LogP contribution is -2.53. The zero-order valence-electron chi connectivity index (χ0n) is 17.7. The van der Waals surface area contributed by atoms with Crippen LogP contribution in [0.3, 0.4) is 0 Å². The van der Waals surface area contributed by atoms with E-state index in [1.54, 1.807) is 36.4 Å². The Morgan fingerprint density at radius 1 is 1.06 bits per heavy atom. The van der Waals surface area contributed by atoms with E-state index in [-0.39, 0.29) is 11.8 Å². The number of halogens is 1. The number of ether oxygens (including phenoxy) is 1. The standard InChI is InChI=1S/C25H24BrN3O3/c1-2-3-16-32-18-14-12-17(13-15-18)24(30)28-29-23(19-8-4-6-10-21(19)26)27-22-11-7-5-9-20(22)25(29)31/h4-15,23,27H,2-3,16H2,1H3,(H,28,30)/t23-/m0/s1. The van der Waals surface area contributed by atoms with Crippen molar-refractivity contribution in [1.82, 2.24) is 10.4 Å². The van der Waals surface area contributed by atoms with Gasteiger partial charge in [-0.1, -0.05) is 59.6 Å². The van der Waals surface area contributed by atoms with Gasteiger partial charge in [0, 0.05) is 21.3 Å². The lowest BCUT2D eigenvalue weighted by Gasteiger charge is -2.38. The molecule has 0 bridgehead atoms. The molecular weight excluding hydrogens is 470 g/mol. The summed E-state index contributed by atoms with van der Waals surface area (Å²) < 4.78 is 6.49. The van der Waals surface area contributed by atoms with Gasteiger partial charge in [-0.15, -0.1) is 0 Å². The van der Waals surface area contributed by atoms with Gasteiger partial charge in [0.05, 0.1) is 12.2 Å². The van der Waals surface area contributed by atoms with Crippen LogP contribution >= 0.6 is 15.9 Å². The Balaban J connectivity index is 1.59. The number of nitrogens with zero attached hydrogens (tertiary/aromatic N) is 1. The quantitative estimate of drug-likeness (QED) is 0.424. The molecule has 2 amide bonds. The van der Waals surface area contributed by atoms with Crippen LogP contribution in [-0.4, -0.2) is 23.4 Å². The molecule has 1 aliphatic heterocycles. The smallest absolute Gasteiger partial charge is 0.276 e. The van der Waals surface area contributed by atoms with Gasteiger partial charge in [0.25, 0.3) is 11.8 Å². The number of carbonyl (C=O) groups excluding carboxylic acids is 2.